The normalized spacial score (nSPS) is 24.4. The zero-order valence-electron chi connectivity index (χ0n) is 18.4. The first-order chi connectivity index (χ1) is 11.7. The summed E-state index contributed by atoms with van der Waals surface area (Å²) in [6, 6.07) is 0.143. The smallest absolute Gasteiger partial charge is 0.314 e. The van der Waals surface area contributed by atoms with Crippen molar-refractivity contribution >= 4 is 11.9 Å². The molecule has 0 bridgehead atoms. The lowest BCUT2D eigenvalue weighted by Crippen LogP contribution is -2.48. The van der Waals surface area contributed by atoms with Crippen LogP contribution in [0.2, 0.25) is 0 Å². The molecule has 26 heavy (non-hydrogen) atoms. The fourth-order valence-electron chi connectivity index (χ4n) is 4.05. The van der Waals surface area contributed by atoms with Crippen molar-refractivity contribution in [1.82, 2.24) is 15.5 Å². The Bertz CT molecular complexity index is 626. The van der Waals surface area contributed by atoms with E-state index in [9.17, 15) is 4.79 Å². The third kappa shape index (κ3) is 4.07. The van der Waals surface area contributed by atoms with E-state index in [1.54, 1.807) is 7.05 Å². The summed E-state index contributed by atoms with van der Waals surface area (Å²) < 4.78 is 0. The molecule has 1 saturated heterocycles. The van der Waals surface area contributed by atoms with Gasteiger partial charge in [0.05, 0.1) is 12.1 Å². The minimum Gasteiger partial charge on any atom is -0.341 e. The van der Waals surface area contributed by atoms with Crippen molar-refractivity contribution in [3.63, 3.8) is 0 Å². The van der Waals surface area contributed by atoms with Gasteiger partial charge in [-0.2, -0.15) is 0 Å². The number of amidine groups is 1. The maximum absolute atomic E-state index is 11.9. The average molecular weight is 363 g/mol. The number of urea groups is 1. The predicted octanol–water partition coefficient (Wildman–Crippen LogP) is 4.16. The first-order valence-electron chi connectivity index (χ1n) is 9.74. The Hall–Kier alpha value is -1.52. The monoisotopic (exact) mass is 362 g/mol. The fraction of sp³-hybridized carbons (Fsp3) is 0.810. The molecule has 0 unspecified atom stereocenters. The summed E-state index contributed by atoms with van der Waals surface area (Å²) in [7, 11) is 1.66. The Morgan fingerprint density at radius 1 is 1.04 bits per heavy atom. The van der Waals surface area contributed by atoms with E-state index in [4.69, 9.17) is 4.99 Å². The third-order valence-electron chi connectivity index (χ3n) is 5.12. The topological polar surface area (TPSA) is 56.7 Å². The highest BCUT2D eigenvalue weighted by atomic mass is 16.2. The maximum Gasteiger partial charge on any atom is 0.314 e. The molecule has 148 valence electrons. The molecular weight excluding hydrogens is 324 g/mol. The van der Waals surface area contributed by atoms with Crippen molar-refractivity contribution < 1.29 is 4.79 Å². The van der Waals surface area contributed by atoms with Crippen molar-refractivity contribution in [1.29, 1.82) is 0 Å². The second kappa shape index (κ2) is 6.58. The number of rotatable bonds is 1. The lowest BCUT2D eigenvalue weighted by Gasteiger charge is -2.45. The first-order valence-corrected chi connectivity index (χ1v) is 9.74. The number of hydrogen-bond donors (Lipinski definition) is 2. The molecule has 5 nitrogen and oxygen atoms in total. The summed E-state index contributed by atoms with van der Waals surface area (Å²) in [5, 5.41) is 5.78. The highest BCUT2D eigenvalue weighted by Gasteiger charge is 2.46. The maximum atomic E-state index is 11.9. The van der Waals surface area contributed by atoms with Crippen molar-refractivity contribution in [3.05, 3.63) is 11.3 Å². The van der Waals surface area contributed by atoms with Gasteiger partial charge in [-0.25, -0.2) is 4.79 Å². The standard InChI is InChI=1S/C21H38N4O/c1-19(2,3)15-14-11-13(23-18(26)22-10)12-25(14)17(21(7,8)9)24-16(15)20(4,5)6/h13,16H,11-12H2,1-10H3,(H2,22,23,26)/t13-,16-/m1/s1. The number of amides is 2. The van der Waals surface area contributed by atoms with E-state index < -0.39 is 0 Å². The van der Waals surface area contributed by atoms with Crippen LogP contribution in [0.5, 0.6) is 0 Å². The van der Waals surface area contributed by atoms with E-state index in [1.165, 1.54) is 11.3 Å². The van der Waals surface area contributed by atoms with Gasteiger partial charge in [0, 0.05) is 31.1 Å². The van der Waals surface area contributed by atoms with Crippen LogP contribution in [0.15, 0.2) is 16.3 Å². The zero-order chi connectivity index (χ0) is 20.1. The molecule has 2 rings (SSSR count). The van der Waals surface area contributed by atoms with Gasteiger partial charge in [-0.15, -0.1) is 0 Å². The quantitative estimate of drug-likeness (QED) is 0.736. The second-order valence-corrected chi connectivity index (χ2v) is 10.8. The number of nitrogens with zero attached hydrogens (tertiary/aromatic N) is 2. The summed E-state index contributed by atoms with van der Waals surface area (Å²) >= 11 is 0. The van der Waals surface area contributed by atoms with Crippen LogP contribution < -0.4 is 10.6 Å². The summed E-state index contributed by atoms with van der Waals surface area (Å²) in [5.41, 5.74) is 2.81. The Kier molecular flexibility index (Phi) is 5.26. The predicted molar refractivity (Wildman–Crippen MR) is 109 cm³/mol. The summed E-state index contributed by atoms with van der Waals surface area (Å²) in [6.07, 6.45) is 0.863. The third-order valence-corrected chi connectivity index (χ3v) is 5.12. The molecule has 0 aromatic carbocycles. The molecule has 2 atom stereocenters. The van der Waals surface area contributed by atoms with Crippen LogP contribution in [0.25, 0.3) is 0 Å². The van der Waals surface area contributed by atoms with Gasteiger partial charge in [-0.3, -0.25) is 4.99 Å². The van der Waals surface area contributed by atoms with Crippen molar-refractivity contribution in [2.75, 3.05) is 13.6 Å². The van der Waals surface area contributed by atoms with E-state index >= 15 is 0 Å². The van der Waals surface area contributed by atoms with Crippen LogP contribution in [0.4, 0.5) is 4.79 Å². The SMILES string of the molecule is CNC(=O)N[C@@H]1CC2=C(C(C)(C)C)[C@H](C(C)(C)C)N=C(C(C)(C)C)N2C1. The molecule has 2 aliphatic heterocycles. The molecule has 0 aliphatic carbocycles. The molecule has 0 aromatic heterocycles. The van der Waals surface area contributed by atoms with Gasteiger partial charge < -0.3 is 15.5 Å². The molecular formula is C21H38N4O. The molecule has 0 saturated carbocycles. The number of fused-ring (bicyclic) bond motifs is 1. The molecule has 1 fully saturated rings. The van der Waals surface area contributed by atoms with Crippen LogP contribution in [0, 0.1) is 16.2 Å². The minimum atomic E-state index is -0.116. The van der Waals surface area contributed by atoms with Gasteiger partial charge in [0.1, 0.15) is 5.84 Å². The number of hydrogen-bond acceptors (Lipinski definition) is 3. The van der Waals surface area contributed by atoms with E-state index in [0.29, 0.717) is 0 Å². The van der Waals surface area contributed by atoms with Gasteiger partial charge in [-0.05, 0) is 16.4 Å². The molecule has 0 radical (unpaired) electrons. The van der Waals surface area contributed by atoms with E-state index in [1.807, 2.05) is 0 Å². The molecule has 5 heteroatoms. The molecule has 2 aliphatic rings. The van der Waals surface area contributed by atoms with Gasteiger partial charge in [0.25, 0.3) is 0 Å². The average Bonchev–Trinajstić information content (AvgIpc) is 2.84. The van der Waals surface area contributed by atoms with Crippen molar-refractivity contribution in [2.45, 2.75) is 80.8 Å². The largest absolute Gasteiger partial charge is 0.341 e. The number of nitrogens with one attached hydrogen (secondary N) is 2. The molecule has 0 aromatic rings. The van der Waals surface area contributed by atoms with Crippen molar-refractivity contribution in [2.24, 2.45) is 21.2 Å². The van der Waals surface area contributed by atoms with Gasteiger partial charge in [0.2, 0.25) is 0 Å². The second-order valence-electron chi connectivity index (χ2n) is 10.8. The van der Waals surface area contributed by atoms with Crippen LogP contribution in [0.3, 0.4) is 0 Å². The number of aliphatic imine (C=N–C) groups is 1. The first kappa shape index (κ1) is 20.8. The van der Waals surface area contributed by atoms with E-state index in [-0.39, 0.29) is 34.4 Å². The lowest BCUT2D eigenvalue weighted by molar-refractivity contribution is 0.239. The molecule has 0 spiro atoms. The summed E-state index contributed by atoms with van der Waals surface area (Å²) in [6.45, 7) is 21.1. The van der Waals surface area contributed by atoms with Gasteiger partial charge >= 0.3 is 6.03 Å². The molecule has 2 N–H and O–H groups in total. The molecule has 2 heterocycles. The number of carbonyl (C=O) groups excluding carboxylic acids is 1. The van der Waals surface area contributed by atoms with Crippen LogP contribution >= 0.6 is 0 Å². The van der Waals surface area contributed by atoms with Crippen LogP contribution in [0.1, 0.15) is 68.7 Å². The fourth-order valence-corrected chi connectivity index (χ4v) is 4.05. The van der Waals surface area contributed by atoms with E-state index in [2.05, 4.69) is 77.8 Å². The summed E-state index contributed by atoms with van der Waals surface area (Å²) in [4.78, 5) is 19.6. The molecule has 2 amide bonds. The van der Waals surface area contributed by atoms with Crippen molar-refractivity contribution in [3.8, 4) is 0 Å². The minimum absolute atomic E-state index is 0.0281. The number of carbonyl (C=O) groups is 1. The van der Waals surface area contributed by atoms with E-state index in [0.717, 1.165) is 18.8 Å². The zero-order valence-corrected chi connectivity index (χ0v) is 18.4. The lowest BCUT2D eigenvalue weighted by atomic mass is 9.70. The Morgan fingerprint density at radius 3 is 2.04 bits per heavy atom. The highest BCUT2D eigenvalue weighted by molar-refractivity contribution is 5.91. The highest BCUT2D eigenvalue weighted by Crippen LogP contribution is 2.47. The van der Waals surface area contributed by atoms with Crippen LogP contribution in [-0.4, -0.2) is 42.4 Å². The van der Waals surface area contributed by atoms with Crippen LogP contribution in [-0.2, 0) is 0 Å². The summed E-state index contributed by atoms with van der Waals surface area (Å²) in [5.74, 6) is 1.14. The Balaban J connectivity index is 2.58. The Morgan fingerprint density at radius 2 is 1.62 bits per heavy atom. The Labute approximate surface area is 159 Å². The van der Waals surface area contributed by atoms with Gasteiger partial charge in [0.15, 0.2) is 0 Å². The van der Waals surface area contributed by atoms with Gasteiger partial charge in [-0.1, -0.05) is 62.3 Å².